The Balaban J connectivity index is -0.0000000457. The van der Waals surface area contributed by atoms with Crippen molar-refractivity contribution >= 4 is 16.8 Å². The highest BCUT2D eigenvalue weighted by molar-refractivity contribution is 5.76. The minimum absolute atomic E-state index is 0. The predicted molar refractivity (Wildman–Crippen MR) is 61.9 cm³/mol. The average Bonchev–Trinajstić information content (AvgIpc) is 1.93. The second-order valence-corrected chi connectivity index (χ2v) is 2.71. The van der Waals surface area contributed by atoms with Crippen molar-refractivity contribution in [1.29, 1.82) is 0 Å². The second-order valence-electron chi connectivity index (χ2n) is 2.71. The van der Waals surface area contributed by atoms with Crippen LogP contribution in [-0.4, -0.2) is 16.8 Å². The van der Waals surface area contributed by atoms with Crippen molar-refractivity contribution < 1.29 is 0 Å². The second kappa shape index (κ2) is 30.4. The average molecular weight is 166 g/mol. The van der Waals surface area contributed by atoms with E-state index in [0.717, 1.165) is 0 Å². The molecule has 0 saturated heterocycles. The SMILES string of the molecule is CCCCC.CCCCC.[B].[B]. The number of hydrogen-bond acceptors (Lipinski definition) is 0. The summed E-state index contributed by atoms with van der Waals surface area (Å²) in [5, 5.41) is 0. The van der Waals surface area contributed by atoms with E-state index in [1.54, 1.807) is 0 Å². The molecule has 0 saturated carbocycles. The van der Waals surface area contributed by atoms with Gasteiger partial charge in [-0.3, -0.25) is 0 Å². The molecule has 0 N–H and O–H groups in total. The molecule has 0 aliphatic rings. The van der Waals surface area contributed by atoms with Gasteiger partial charge in [-0.15, -0.1) is 0 Å². The van der Waals surface area contributed by atoms with Gasteiger partial charge in [-0.25, -0.2) is 0 Å². The molecule has 6 radical (unpaired) electrons. The summed E-state index contributed by atoms with van der Waals surface area (Å²) in [6.45, 7) is 8.85. The lowest BCUT2D eigenvalue weighted by Crippen LogP contribution is -1.59. The Kier molecular flexibility index (Phi) is 57.6. The van der Waals surface area contributed by atoms with Crippen LogP contribution < -0.4 is 0 Å². The molecule has 0 aromatic carbocycles. The molecular formula is C10H24B2. The Labute approximate surface area is 83.7 Å². The van der Waals surface area contributed by atoms with E-state index in [-0.39, 0.29) is 16.8 Å². The van der Waals surface area contributed by atoms with Crippen molar-refractivity contribution in [1.82, 2.24) is 0 Å². The van der Waals surface area contributed by atoms with Crippen LogP contribution in [0, 0.1) is 0 Å². The van der Waals surface area contributed by atoms with Crippen LogP contribution in [0.3, 0.4) is 0 Å². The fraction of sp³-hybridized carbons (Fsp3) is 1.00. The summed E-state index contributed by atoms with van der Waals surface area (Å²) in [6, 6.07) is 0. The maximum Gasteiger partial charge on any atom is 0 e. The smallest absolute Gasteiger partial charge is 0 e. The van der Waals surface area contributed by atoms with Gasteiger partial charge in [-0.05, 0) is 0 Å². The van der Waals surface area contributed by atoms with Gasteiger partial charge in [-0.2, -0.15) is 0 Å². The van der Waals surface area contributed by atoms with E-state index < -0.39 is 0 Å². The van der Waals surface area contributed by atoms with Crippen LogP contribution in [0.15, 0.2) is 0 Å². The summed E-state index contributed by atoms with van der Waals surface area (Å²) in [4.78, 5) is 0. The van der Waals surface area contributed by atoms with Gasteiger partial charge < -0.3 is 0 Å². The lowest BCUT2D eigenvalue weighted by molar-refractivity contribution is 0.772. The molecule has 0 spiro atoms. The maximum absolute atomic E-state index is 2.21. The fourth-order valence-electron chi connectivity index (χ4n) is 0.707. The number of rotatable bonds is 4. The third kappa shape index (κ3) is 49.5. The Morgan fingerprint density at radius 3 is 0.667 bits per heavy atom. The lowest BCUT2D eigenvalue weighted by atomic mass is 10.3. The molecule has 2 heteroatoms. The van der Waals surface area contributed by atoms with E-state index >= 15 is 0 Å². The van der Waals surface area contributed by atoms with Gasteiger partial charge in [0.15, 0.2) is 0 Å². The first-order chi connectivity index (χ1) is 4.83. The quantitative estimate of drug-likeness (QED) is 0.559. The van der Waals surface area contributed by atoms with E-state index in [0.29, 0.717) is 0 Å². The van der Waals surface area contributed by atoms with E-state index in [2.05, 4.69) is 27.7 Å². The van der Waals surface area contributed by atoms with E-state index in [4.69, 9.17) is 0 Å². The largest absolute Gasteiger partial charge is 0.0654 e. The van der Waals surface area contributed by atoms with Crippen molar-refractivity contribution in [2.75, 3.05) is 0 Å². The zero-order valence-electron chi connectivity index (χ0n) is 9.40. The molecule has 0 fully saturated rings. The van der Waals surface area contributed by atoms with Crippen LogP contribution in [-0.2, 0) is 0 Å². The summed E-state index contributed by atoms with van der Waals surface area (Å²) in [5.74, 6) is 0. The molecule has 0 bridgehead atoms. The van der Waals surface area contributed by atoms with E-state index in [1.165, 1.54) is 38.5 Å². The van der Waals surface area contributed by atoms with Crippen molar-refractivity contribution in [3.63, 3.8) is 0 Å². The van der Waals surface area contributed by atoms with Crippen LogP contribution in [0.5, 0.6) is 0 Å². The highest BCUT2D eigenvalue weighted by Crippen LogP contribution is 1.88. The van der Waals surface area contributed by atoms with Gasteiger partial charge in [0.25, 0.3) is 0 Å². The molecule has 0 aliphatic heterocycles. The van der Waals surface area contributed by atoms with Crippen molar-refractivity contribution in [2.24, 2.45) is 0 Å². The molecule has 12 heavy (non-hydrogen) atoms. The lowest BCUT2D eigenvalue weighted by Gasteiger charge is -1.79. The van der Waals surface area contributed by atoms with Gasteiger partial charge in [0.2, 0.25) is 0 Å². The summed E-state index contributed by atoms with van der Waals surface area (Å²) < 4.78 is 0. The first-order valence-corrected chi connectivity index (χ1v) is 4.83. The predicted octanol–water partition coefficient (Wildman–Crippen LogP) is 3.63. The van der Waals surface area contributed by atoms with Crippen LogP contribution >= 0.6 is 0 Å². The summed E-state index contributed by atoms with van der Waals surface area (Å²) >= 11 is 0. The molecule has 70 valence electrons. The number of unbranched alkanes of at least 4 members (excludes halogenated alkanes) is 4. The normalized spacial score (nSPS) is 7.00. The Hall–Kier alpha value is 0.130. The minimum Gasteiger partial charge on any atom is -0.0654 e. The minimum atomic E-state index is 0. The molecule has 0 heterocycles. The molecule has 0 aromatic rings. The molecule has 0 aromatic heterocycles. The first kappa shape index (κ1) is 22.7. The zero-order chi connectivity index (χ0) is 8.24. The highest BCUT2D eigenvalue weighted by Gasteiger charge is 1.68. The molecule has 0 amide bonds. The molecule has 0 aliphatic carbocycles. The van der Waals surface area contributed by atoms with Gasteiger partial charge in [0.05, 0.1) is 0 Å². The topological polar surface area (TPSA) is 0 Å². The van der Waals surface area contributed by atoms with Crippen LogP contribution in [0.2, 0.25) is 0 Å². The number of hydrogen-bond donors (Lipinski definition) is 0. The third-order valence-corrected chi connectivity index (χ3v) is 1.41. The van der Waals surface area contributed by atoms with Crippen LogP contribution in [0.25, 0.3) is 0 Å². The standard InChI is InChI=1S/2C5H12.2B/c2*1-3-5-4-2;;/h2*3-5H2,1-2H3;;. The van der Waals surface area contributed by atoms with Crippen molar-refractivity contribution in [3.8, 4) is 0 Å². The zero-order valence-corrected chi connectivity index (χ0v) is 9.40. The van der Waals surface area contributed by atoms with Crippen molar-refractivity contribution in [2.45, 2.75) is 66.2 Å². The monoisotopic (exact) mass is 166 g/mol. The molecule has 0 rings (SSSR count). The van der Waals surface area contributed by atoms with E-state index in [9.17, 15) is 0 Å². The Bertz CT molecular complexity index is 28.8. The molecule has 0 atom stereocenters. The van der Waals surface area contributed by atoms with Crippen LogP contribution in [0.4, 0.5) is 0 Å². The highest BCUT2D eigenvalue weighted by atomic mass is 13.7. The van der Waals surface area contributed by atoms with E-state index in [1.807, 2.05) is 0 Å². The molecular weight excluding hydrogens is 142 g/mol. The van der Waals surface area contributed by atoms with Gasteiger partial charge in [0, 0.05) is 16.8 Å². The van der Waals surface area contributed by atoms with Crippen LogP contribution in [0.1, 0.15) is 66.2 Å². The summed E-state index contributed by atoms with van der Waals surface area (Å²) in [5.41, 5.74) is 0. The van der Waals surface area contributed by atoms with Gasteiger partial charge >= 0.3 is 0 Å². The Morgan fingerprint density at radius 2 is 0.667 bits per heavy atom. The summed E-state index contributed by atoms with van der Waals surface area (Å²) in [7, 11) is 0. The maximum atomic E-state index is 2.21. The first-order valence-electron chi connectivity index (χ1n) is 4.83. The van der Waals surface area contributed by atoms with Gasteiger partial charge in [-0.1, -0.05) is 66.2 Å². The Morgan fingerprint density at radius 1 is 0.500 bits per heavy atom. The van der Waals surface area contributed by atoms with Crippen molar-refractivity contribution in [3.05, 3.63) is 0 Å². The summed E-state index contributed by atoms with van der Waals surface area (Å²) in [6.07, 6.45) is 8.15. The molecule has 0 unspecified atom stereocenters. The third-order valence-electron chi connectivity index (χ3n) is 1.41. The fourth-order valence-corrected chi connectivity index (χ4v) is 0.707. The molecule has 0 nitrogen and oxygen atoms in total. The van der Waals surface area contributed by atoms with Gasteiger partial charge in [0.1, 0.15) is 0 Å².